The van der Waals surface area contributed by atoms with Crippen molar-refractivity contribution in [3.8, 4) is 5.75 Å². The molecule has 0 saturated carbocycles. The molecule has 0 aromatic heterocycles. The van der Waals surface area contributed by atoms with Gasteiger partial charge in [0.25, 0.3) is 0 Å². The highest BCUT2D eigenvalue weighted by Gasteiger charge is 2.19. The molecule has 1 aromatic rings. The molecule has 0 fully saturated rings. The summed E-state index contributed by atoms with van der Waals surface area (Å²) >= 11 is 0. The van der Waals surface area contributed by atoms with Crippen molar-refractivity contribution >= 4 is 0 Å². The summed E-state index contributed by atoms with van der Waals surface area (Å²) in [4.78, 5) is 0. The Balaban J connectivity index is 2.73. The van der Waals surface area contributed by atoms with Crippen LogP contribution in [-0.2, 0) is 0 Å². The van der Waals surface area contributed by atoms with E-state index in [1.165, 1.54) is 6.07 Å². The van der Waals surface area contributed by atoms with Crippen LogP contribution in [0.4, 0.5) is 4.39 Å². The van der Waals surface area contributed by atoms with E-state index in [-0.39, 0.29) is 18.4 Å². The van der Waals surface area contributed by atoms with Crippen molar-refractivity contribution in [2.24, 2.45) is 5.73 Å². The summed E-state index contributed by atoms with van der Waals surface area (Å²) in [6.45, 7) is 5.36. The molecule has 3 nitrogen and oxygen atoms in total. The van der Waals surface area contributed by atoms with E-state index in [9.17, 15) is 9.50 Å². The van der Waals surface area contributed by atoms with Crippen LogP contribution in [0.25, 0.3) is 0 Å². The lowest BCUT2D eigenvalue weighted by Gasteiger charge is -2.21. The third-order valence-corrected chi connectivity index (χ3v) is 2.78. The van der Waals surface area contributed by atoms with Gasteiger partial charge < -0.3 is 15.6 Å². The van der Waals surface area contributed by atoms with Crippen molar-refractivity contribution in [2.45, 2.75) is 38.8 Å². The van der Waals surface area contributed by atoms with E-state index in [4.69, 9.17) is 10.5 Å². The summed E-state index contributed by atoms with van der Waals surface area (Å²) in [7, 11) is 0. The van der Waals surface area contributed by atoms with E-state index in [0.29, 0.717) is 6.42 Å². The molecule has 0 aliphatic carbocycles. The first-order chi connectivity index (χ1) is 7.85. The summed E-state index contributed by atoms with van der Waals surface area (Å²) in [5.41, 5.74) is 5.43. The lowest BCUT2D eigenvalue weighted by atomic mass is 10.1. The van der Waals surface area contributed by atoms with Crippen molar-refractivity contribution in [1.29, 1.82) is 0 Å². The van der Waals surface area contributed by atoms with E-state index in [1.54, 1.807) is 26.0 Å². The quantitative estimate of drug-likeness (QED) is 0.832. The Bertz CT molecular complexity index is 378. The first-order valence-electron chi connectivity index (χ1n) is 5.76. The largest absolute Gasteiger partial charge is 0.488 e. The first-order valence-corrected chi connectivity index (χ1v) is 5.76. The van der Waals surface area contributed by atoms with Crippen LogP contribution in [0.3, 0.4) is 0 Å². The summed E-state index contributed by atoms with van der Waals surface area (Å²) in [6, 6.07) is 4.42. The number of nitrogens with two attached hydrogens (primary N) is 1. The number of ether oxygens (including phenoxy) is 1. The topological polar surface area (TPSA) is 55.5 Å². The monoisotopic (exact) mass is 241 g/mol. The van der Waals surface area contributed by atoms with Gasteiger partial charge in [0.15, 0.2) is 11.6 Å². The number of benzene rings is 1. The van der Waals surface area contributed by atoms with Crippen molar-refractivity contribution in [1.82, 2.24) is 0 Å². The van der Waals surface area contributed by atoms with Crippen molar-refractivity contribution in [2.75, 3.05) is 6.61 Å². The molecule has 0 saturated heterocycles. The second kappa shape index (κ2) is 5.47. The number of hydrogen-bond acceptors (Lipinski definition) is 3. The molecule has 1 unspecified atom stereocenters. The van der Waals surface area contributed by atoms with Gasteiger partial charge in [0.2, 0.25) is 0 Å². The van der Waals surface area contributed by atoms with Gasteiger partial charge in [-0.3, -0.25) is 0 Å². The second-order valence-corrected chi connectivity index (χ2v) is 4.62. The van der Waals surface area contributed by atoms with Crippen LogP contribution in [0.2, 0.25) is 0 Å². The third kappa shape index (κ3) is 3.98. The Morgan fingerprint density at radius 2 is 2.18 bits per heavy atom. The van der Waals surface area contributed by atoms with Crippen LogP contribution < -0.4 is 10.5 Å². The zero-order chi connectivity index (χ0) is 13.1. The summed E-state index contributed by atoms with van der Waals surface area (Å²) < 4.78 is 18.9. The molecule has 1 rings (SSSR count). The average Bonchev–Trinajstić information content (AvgIpc) is 2.27. The first kappa shape index (κ1) is 13.9. The van der Waals surface area contributed by atoms with E-state index < -0.39 is 11.4 Å². The van der Waals surface area contributed by atoms with Gasteiger partial charge in [0.1, 0.15) is 6.61 Å². The lowest BCUT2D eigenvalue weighted by Crippen LogP contribution is -2.31. The molecule has 2 atom stereocenters. The Labute approximate surface area is 101 Å². The molecule has 3 N–H and O–H groups in total. The Kier molecular flexibility index (Phi) is 4.48. The third-order valence-electron chi connectivity index (χ3n) is 2.78. The predicted octanol–water partition coefficient (Wildman–Crippen LogP) is 2.39. The number of hydrogen-bond donors (Lipinski definition) is 2. The highest BCUT2D eigenvalue weighted by Crippen LogP contribution is 2.22. The molecular weight excluding hydrogens is 221 g/mol. The summed E-state index contributed by atoms with van der Waals surface area (Å²) in [5, 5.41) is 9.75. The maximum absolute atomic E-state index is 13.6. The normalized spacial score (nSPS) is 16.4. The average molecular weight is 241 g/mol. The zero-order valence-corrected chi connectivity index (χ0v) is 10.5. The highest BCUT2D eigenvalue weighted by atomic mass is 19.1. The van der Waals surface area contributed by atoms with Gasteiger partial charge in [-0.2, -0.15) is 0 Å². The van der Waals surface area contributed by atoms with E-state index in [2.05, 4.69) is 0 Å². The molecule has 0 spiro atoms. The van der Waals surface area contributed by atoms with Crippen LogP contribution in [0, 0.1) is 5.82 Å². The number of rotatable bonds is 5. The minimum Gasteiger partial charge on any atom is -0.488 e. The Morgan fingerprint density at radius 1 is 1.53 bits per heavy atom. The molecule has 17 heavy (non-hydrogen) atoms. The van der Waals surface area contributed by atoms with Crippen LogP contribution in [-0.4, -0.2) is 17.3 Å². The van der Waals surface area contributed by atoms with E-state index >= 15 is 0 Å². The zero-order valence-electron chi connectivity index (χ0n) is 10.5. The van der Waals surface area contributed by atoms with Crippen LogP contribution in [0.5, 0.6) is 5.75 Å². The van der Waals surface area contributed by atoms with E-state index in [1.807, 2.05) is 6.92 Å². The van der Waals surface area contributed by atoms with Crippen molar-refractivity contribution in [3.05, 3.63) is 29.6 Å². The van der Waals surface area contributed by atoms with Gasteiger partial charge in [-0.05, 0) is 38.0 Å². The van der Waals surface area contributed by atoms with Gasteiger partial charge >= 0.3 is 0 Å². The van der Waals surface area contributed by atoms with E-state index in [0.717, 1.165) is 5.56 Å². The smallest absolute Gasteiger partial charge is 0.165 e. The predicted molar refractivity (Wildman–Crippen MR) is 65.4 cm³/mol. The minimum atomic E-state index is -0.938. The van der Waals surface area contributed by atoms with Crippen LogP contribution >= 0.6 is 0 Å². The van der Waals surface area contributed by atoms with Gasteiger partial charge in [-0.1, -0.05) is 13.0 Å². The Hall–Kier alpha value is -1.13. The fourth-order valence-corrected chi connectivity index (χ4v) is 1.25. The van der Waals surface area contributed by atoms with Gasteiger partial charge in [-0.15, -0.1) is 0 Å². The molecule has 1 aromatic carbocycles. The maximum Gasteiger partial charge on any atom is 0.165 e. The molecule has 0 amide bonds. The molecule has 96 valence electrons. The second-order valence-electron chi connectivity index (χ2n) is 4.62. The number of aliphatic hydroxyl groups is 1. The Morgan fingerprint density at radius 3 is 2.65 bits per heavy atom. The molecule has 0 aliphatic heterocycles. The minimum absolute atomic E-state index is 0.0674. The number of halogens is 1. The van der Waals surface area contributed by atoms with Gasteiger partial charge in [-0.25, -0.2) is 4.39 Å². The molecular formula is C13H20FNO2. The highest BCUT2D eigenvalue weighted by molar-refractivity contribution is 5.30. The van der Waals surface area contributed by atoms with Gasteiger partial charge in [0.05, 0.1) is 5.60 Å². The van der Waals surface area contributed by atoms with Crippen molar-refractivity contribution < 1.29 is 14.2 Å². The molecule has 0 aliphatic rings. The fraction of sp³-hybridized carbons (Fsp3) is 0.538. The van der Waals surface area contributed by atoms with Crippen molar-refractivity contribution in [3.63, 3.8) is 0 Å². The molecule has 4 heteroatoms. The van der Waals surface area contributed by atoms with Crippen LogP contribution in [0.15, 0.2) is 18.2 Å². The lowest BCUT2D eigenvalue weighted by molar-refractivity contribution is 0.00733. The molecule has 0 heterocycles. The standard InChI is InChI=1S/C13H20FNO2/c1-4-13(3,16)8-17-12-6-5-10(9(2)15)7-11(12)14/h5-7,9,16H,4,8,15H2,1-3H3/t9-,13?/m0/s1. The fourth-order valence-electron chi connectivity index (χ4n) is 1.25. The maximum atomic E-state index is 13.6. The van der Waals surface area contributed by atoms with Gasteiger partial charge in [0, 0.05) is 6.04 Å². The molecule has 0 radical (unpaired) electrons. The summed E-state index contributed by atoms with van der Waals surface area (Å²) in [6.07, 6.45) is 0.548. The summed E-state index contributed by atoms with van der Waals surface area (Å²) in [5.74, 6) is -0.310. The van der Waals surface area contributed by atoms with Crippen LogP contribution in [0.1, 0.15) is 38.8 Å². The SMILES string of the molecule is CCC(C)(O)COc1ccc([C@H](C)N)cc1F. The molecule has 0 bridgehead atoms.